The Bertz CT molecular complexity index is 939. The van der Waals surface area contributed by atoms with Crippen LogP contribution in [-0.4, -0.2) is 48.8 Å². The molecule has 2 heterocycles. The maximum Gasteiger partial charge on any atom is 0.251 e. The van der Waals surface area contributed by atoms with Crippen LogP contribution in [0.5, 0.6) is 5.75 Å². The van der Waals surface area contributed by atoms with Crippen molar-refractivity contribution in [3.05, 3.63) is 65.6 Å². The molecule has 0 aliphatic rings. The largest absolute Gasteiger partial charge is 0.487 e. The highest BCUT2D eigenvalue weighted by molar-refractivity contribution is 5.94. The number of pyridine rings is 1. The second-order valence-electron chi connectivity index (χ2n) is 6.74. The summed E-state index contributed by atoms with van der Waals surface area (Å²) in [5.41, 5.74) is 3.45. The van der Waals surface area contributed by atoms with E-state index in [4.69, 9.17) is 14.2 Å². The van der Waals surface area contributed by atoms with Gasteiger partial charge in [-0.3, -0.25) is 4.79 Å². The molecule has 0 atom stereocenters. The van der Waals surface area contributed by atoms with Gasteiger partial charge in [0, 0.05) is 38.2 Å². The molecule has 0 aliphatic heterocycles. The van der Waals surface area contributed by atoms with Crippen molar-refractivity contribution in [2.45, 2.75) is 20.0 Å². The van der Waals surface area contributed by atoms with Crippen LogP contribution in [0.2, 0.25) is 0 Å². The van der Waals surface area contributed by atoms with E-state index < -0.39 is 0 Å². The van der Waals surface area contributed by atoms with Gasteiger partial charge >= 0.3 is 0 Å². The lowest BCUT2D eigenvalue weighted by Crippen LogP contribution is -2.25. The van der Waals surface area contributed by atoms with Crippen LogP contribution in [0.25, 0.3) is 5.65 Å². The average molecular weight is 397 g/mol. The quantitative estimate of drug-likeness (QED) is 0.504. The number of nitrogens with one attached hydrogen (secondary N) is 1. The second kappa shape index (κ2) is 10.6. The third-order valence-electron chi connectivity index (χ3n) is 4.31. The van der Waals surface area contributed by atoms with Gasteiger partial charge in [0.25, 0.3) is 5.91 Å². The Labute approximate surface area is 170 Å². The number of imidazole rings is 1. The van der Waals surface area contributed by atoms with E-state index in [9.17, 15) is 4.79 Å². The number of carbonyl (C=O) groups is 1. The van der Waals surface area contributed by atoms with Gasteiger partial charge in [-0.2, -0.15) is 0 Å². The number of aromatic nitrogens is 2. The first kappa shape index (κ1) is 20.8. The molecule has 154 valence electrons. The smallest absolute Gasteiger partial charge is 0.251 e. The minimum atomic E-state index is -0.129. The van der Waals surface area contributed by atoms with Gasteiger partial charge in [-0.1, -0.05) is 12.1 Å². The molecule has 1 amide bonds. The van der Waals surface area contributed by atoms with E-state index in [0.29, 0.717) is 44.3 Å². The van der Waals surface area contributed by atoms with Crippen LogP contribution in [0.1, 0.15) is 28.0 Å². The molecule has 1 aromatic carbocycles. The summed E-state index contributed by atoms with van der Waals surface area (Å²) in [4.78, 5) is 16.9. The Morgan fingerprint density at radius 1 is 1.14 bits per heavy atom. The van der Waals surface area contributed by atoms with Crippen molar-refractivity contribution in [2.75, 3.05) is 33.5 Å². The molecular formula is C22H27N3O4. The number of benzene rings is 1. The summed E-state index contributed by atoms with van der Waals surface area (Å²) < 4.78 is 18.1. The van der Waals surface area contributed by atoms with E-state index in [1.54, 1.807) is 19.2 Å². The summed E-state index contributed by atoms with van der Waals surface area (Å²) in [7, 11) is 1.64. The van der Waals surface area contributed by atoms with E-state index in [-0.39, 0.29) is 5.91 Å². The van der Waals surface area contributed by atoms with E-state index in [0.717, 1.165) is 17.8 Å². The summed E-state index contributed by atoms with van der Waals surface area (Å²) in [5, 5.41) is 2.89. The molecule has 0 saturated heterocycles. The Morgan fingerprint density at radius 2 is 2.03 bits per heavy atom. The predicted molar refractivity (Wildman–Crippen MR) is 110 cm³/mol. The summed E-state index contributed by atoms with van der Waals surface area (Å²) in [6.07, 6.45) is 4.73. The zero-order chi connectivity index (χ0) is 20.5. The highest BCUT2D eigenvalue weighted by Crippen LogP contribution is 2.16. The molecule has 7 heteroatoms. The van der Waals surface area contributed by atoms with E-state index in [1.165, 1.54) is 5.56 Å². The number of aryl methyl sites for hydroxylation is 1. The van der Waals surface area contributed by atoms with Crippen LogP contribution in [0.15, 0.2) is 48.8 Å². The predicted octanol–water partition coefficient (Wildman–Crippen LogP) is 3.00. The van der Waals surface area contributed by atoms with Crippen molar-refractivity contribution < 1.29 is 19.0 Å². The molecule has 0 unspecified atom stereocenters. The highest BCUT2D eigenvalue weighted by atomic mass is 16.5. The lowest BCUT2D eigenvalue weighted by atomic mass is 10.2. The highest BCUT2D eigenvalue weighted by Gasteiger charge is 2.07. The number of ether oxygens (including phenoxy) is 3. The molecule has 2 aromatic heterocycles. The molecule has 0 spiro atoms. The Hall–Kier alpha value is -2.90. The number of rotatable bonds is 11. The minimum Gasteiger partial charge on any atom is -0.487 e. The summed E-state index contributed by atoms with van der Waals surface area (Å²) in [5.74, 6) is 0.504. The first-order valence-corrected chi connectivity index (χ1v) is 9.67. The van der Waals surface area contributed by atoms with Crippen LogP contribution in [-0.2, 0) is 16.1 Å². The number of hydrogen-bond donors (Lipinski definition) is 1. The monoisotopic (exact) mass is 397 g/mol. The van der Waals surface area contributed by atoms with Gasteiger partial charge in [0.05, 0.1) is 18.9 Å². The fraction of sp³-hybridized carbons (Fsp3) is 0.364. The van der Waals surface area contributed by atoms with Crippen molar-refractivity contribution in [1.29, 1.82) is 0 Å². The van der Waals surface area contributed by atoms with E-state index in [2.05, 4.69) is 10.3 Å². The van der Waals surface area contributed by atoms with Crippen LogP contribution < -0.4 is 10.1 Å². The van der Waals surface area contributed by atoms with Gasteiger partial charge < -0.3 is 23.9 Å². The molecule has 3 aromatic rings. The Morgan fingerprint density at radius 3 is 2.90 bits per heavy atom. The molecule has 0 bridgehead atoms. The molecule has 1 N–H and O–H groups in total. The van der Waals surface area contributed by atoms with Gasteiger partial charge in [0.15, 0.2) is 0 Å². The number of nitrogens with zero attached hydrogens (tertiary/aromatic N) is 2. The SMILES string of the molecule is COCCOCCCNC(=O)c1cccc(OCc2cn3cc(C)ccc3n2)c1. The zero-order valence-electron chi connectivity index (χ0n) is 16.9. The van der Waals surface area contributed by atoms with Crippen LogP contribution in [0, 0.1) is 6.92 Å². The molecule has 7 nitrogen and oxygen atoms in total. The van der Waals surface area contributed by atoms with E-state index >= 15 is 0 Å². The topological polar surface area (TPSA) is 74.1 Å². The molecule has 29 heavy (non-hydrogen) atoms. The van der Waals surface area contributed by atoms with Gasteiger partial charge in [-0.25, -0.2) is 4.98 Å². The second-order valence-corrected chi connectivity index (χ2v) is 6.74. The van der Waals surface area contributed by atoms with Crippen LogP contribution >= 0.6 is 0 Å². The standard InChI is InChI=1S/C22H27N3O4/c1-17-7-8-21-24-19(15-25(21)14-17)16-29-20-6-3-5-18(13-20)22(26)23-9-4-10-28-12-11-27-2/h3,5-8,13-15H,4,9-12,16H2,1-2H3,(H,23,26). The number of amides is 1. The third kappa shape index (κ3) is 6.30. The molecule has 0 saturated carbocycles. The van der Waals surface area contributed by atoms with Gasteiger partial charge in [0.2, 0.25) is 0 Å². The maximum atomic E-state index is 12.3. The van der Waals surface area contributed by atoms with Crippen LogP contribution in [0.4, 0.5) is 0 Å². The summed E-state index contributed by atoms with van der Waals surface area (Å²) in [6, 6.07) is 11.2. The fourth-order valence-corrected chi connectivity index (χ4v) is 2.83. The Balaban J connectivity index is 1.47. The Kier molecular flexibility index (Phi) is 7.61. The normalized spacial score (nSPS) is 11.0. The molecule has 0 aliphatic carbocycles. The van der Waals surface area contributed by atoms with Crippen LogP contribution in [0.3, 0.4) is 0 Å². The number of fused-ring (bicyclic) bond motifs is 1. The first-order valence-electron chi connectivity index (χ1n) is 9.67. The maximum absolute atomic E-state index is 12.3. The molecule has 3 rings (SSSR count). The first-order chi connectivity index (χ1) is 14.2. The van der Waals surface area contributed by atoms with Gasteiger partial charge in [0.1, 0.15) is 18.0 Å². The lowest BCUT2D eigenvalue weighted by molar-refractivity contribution is 0.0688. The number of methoxy groups -OCH3 is 1. The average Bonchev–Trinajstić information content (AvgIpc) is 3.13. The molecule has 0 radical (unpaired) electrons. The van der Waals surface area contributed by atoms with Crippen molar-refractivity contribution in [2.24, 2.45) is 0 Å². The number of carbonyl (C=O) groups excluding carboxylic acids is 1. The summed E-state index contributed by atoms with van der Waals surface area (Å²) >= 11 is 0. The molecular weight excluding hydrogens is 370 g/mol. The van der Waals surface area contributed by atoms with Gasteiger partial charge in [-0.15, -0.1) is 0 Å². The van der Waals surface area contributed by atoms with E-state index in [1.807, 2.05) is 48.0 Å². The third-order valence-corrected chi connectivity index (χ3v) is 4.31. The van der Waals surface area contributed by atoms with Gasteiger partial charge in [-0.05, 0) is 43.2 Å². The fourth-order valence-electron chi connectivity index (χ4n) is 2.83. The lowest BCUT2D eigenvalue weighted by Gasteiger charge is -2.08. The van der Waals surface area contributed by atoms with Crippen molar-refractivity contribution in [3.8, 4) is 5.75 Å². The minimum absolute atomic E-state index is 0.129. The van der Waals surface area contributed by atoms with Crippen molar-refractivity contribution in [1.82, 2.24) is 14.7 Å². The zero-order valence-corrected chi connectivity index (χ0v) is 16.9. The summed E-state index contributed by atoms with van der Waals surface area (Å²) in [6.45, 7) is 4.66. The van der Waals surface area contributed by atoms with Crippen molar-refractivity contribution >= 4 is 11.6 Å². The number of hydrogen-bond acceptors (Lipinski definition) is 5. The molecule has 0 fully saturated rings. The van der Waals surface area contributed by atoms with Crippen molar-refractivity contribution in [3.63, 3.8) is 0 Å².